The molecule has 1 aliphatic carbocycles. The normalized spacial score (nSPS) is 31.3. The number of halogens is 1. The van der Waals surface area contributed by atoms with Crippen LogP contribution in [0.15, 0.2) is 15.9 Å². The summed E-state index contributed by atoms with van der Waals surface area (Å²) in [5, 5.41) is 12.7. The molecule has 0 aliphatic heterocycles. The van der Waals surface area contributed by atoms with Gasteiger partial charge in [0.2, 0.25) is 0 Å². The van der Waals surface area contributed by atoms with Gasteiger partial charge in [0, 0.05) is 15.8 Å². The first-order chi connectivity index (χ1) is 7.59. The lowest BCUT2D eigenvalue weighted by molar-refractivity contribution is 0.0250. The van der Waals surface area contributed by atoms with E-state index in [1.807, 2.05) is 0 Å². The first-order valence-corrected chi connectivity index (χ1v) is 7.71. The predicted molar refractivity (Wildman–Crippen MR) is 72.9 cm³/mol. The van der Waals surface area contributed by atoms with Crippen molar-refractivity contribution in [2.75, 3.05) is 0 Å². The van der Waals surface area contributed by atoms with Crippen molar-refractivity contribution in [3.63, 3.8) is 0 Å². The summed E-state index contributed by atoms with van der Waals surface area (Å²) in [5.41, 5.74) is -0.460. The van der Waals surface area contributed by atoms with Crippen molar-refractivity contribution in [3.8, 4) is 0 Å². The van der Waals surface area contributed by atoms with Crippen molar-refractivity contribution >= 4 is 27.3 Å². The third-order valence-electron chi connectivity index (χ3n) is 3.62. The van der Waals surface area contributed by atoms with Crippen LogP contribution in [0.5, 0.6) is 0 Å². The first kappa shape index (κ1) is 12.6. The summed E-state index contributed by atoms with van der Waals surface area (Å²) < 4.78 is 1.16. The van der Waals surface area contributed by atoms with Crippen molar-refractivity contribution < 1.29 is 5.11 Å². The second kappa shape index (κ2) is 5.19. The Morgan fingerprint density at radius 2 is 2.31 bits per heavy atom. The van der Waals surface area contributed by atoms with E-state index >= 15 is 0 Å². The lowest BCUT2D eigenvalue weighted by Gasteiger charge is -2.26. The summed E-state index contributed by atoms with van der Waals surface area (Å²) in [6.45, 7) is 2.30. The molecule has 1 N–H and O–H groups in total. The maximum absolute atomic E-state index is 10.7. The number of hydrogen-bond acceptors (Lipinski definition) is 2. The Kier molecular flexibility index (Phi) is 4.09. The van der Waals surface area contributed by atoms with Crippen LogP contribution in [-0.4, -0.2) is 10.7 Å². The zero-order valence-corrected chi connectivity index (χ0v) is 12.1. The van der Waals surface area contributed by atoms with Crippen LogP contribution in [0.3, 0.4) is 0 Å². The minimum atomic E-state index is -0.460. The van der Waals surface area contributed by atoms with E-state index in [9.17, 15) is 5.11 Å². The number of hydrogen-bond donors (Lipinski definition) is 1. The molecule has 1 aliphatic rings. The Balaban J connectivity index is 2.04. The van der Waals surface area contributed by atoms with Crippen LogP contribution in [0.2, 0.25) is 0 Å². The number of thiophene rings is 1. The highest BCUT2D eigenvalue weighted by Gasteiger charge is 2.30. The molecule has 1 fully saturated rings. The van der Waals surface area contributed by atoms with Gasteiger partial charge in [-0.25, -0.2) is 0 Å². The molecule has 1 heterocycles. The van der Waals surface area contributed by atoms with Gasteiger partial charge in [0.15, 0.2) is 0 Å². The minimum absolute atomic E-state index is 0.460. The van der Waals surface area contributed by atoms with Crippen LogP contribution in [0.4, 0.5) is 0 Å². The number of aliphatic hydroxyl groups is 1. The Bertz CT molecular complexity index is 349. The average molecular weight is 303 g/mol. The standard InChI is InChI=1S/C13H19BrOS/c1-10-3-2-6-13(15,7-4-10)9-12-11(14)5-8-16-12/h5,8,10,15H,2-4,6-7,9H2,1H3. The van der Waals surface area contributed by atoms with E-state index < -0.39 is 5.60 Å². The molecular formula is C13H19BrOS. The first-order valence-electron chi connectivity index (χ1n) is 6.03. The number of rotatable bonds is 2. The molecule has 0 spiro atoms. The lowest BCUT2D eigenvalue weighted by atomic mass is 9.90. The van der Waals surface area contributed by atoms with Gasteiger partial charge in [-0.05, 0) is 52.6 Å². The Morgan fingerprint density at radius 3 is 3.00 bits per heavy atom. The smallest absolute Gasteiger partial charge is 0.0696 e. The fourth-order valence-corrected chi connectivity index (χ4v) is 4.12. The van der Waals surface area contributed by atoms with Gasteiger partial charge in [-0.3, -0.25) is 0 Å². The third kappa shape index (κ3) is 3.08. The van der Waals surface area contributed by atoms with Crippen molar-refractivity contribution in [2.45, 2.75) is 51.0 Å². The highest BCUT2D eigenvalue weighted by Crippen LogP contribution is 2.35. The van der Waals surface area contributed by atoms with Gasteiger partial charge in [-0.2, -0.15) is 0 Å². The fourth-order valence-electron chi connectivity index (χ4n) is 2.49. The van der Waals surface area contributed by atoms with E-state index in [4.69, 9.17) is 0 Å². The summed E-state index contributed by atoms with van der Waals surface area (Å²) in [6, 6.07) is 2.07. The second-order valence-corrected chi connectivity index (χ2v) is 6.98. The van der Waals surface area contributed by atoms with Crippen LogP contribution in [0.1, 0.15) is 43.9 Å². The largest absolute Gasteiger partial charge is 0.390 e. The molecule has 2 atom stereocenters. The van der Waals surface area contributed by atoms with E-state index in [0.29, 0.717) is 0 Å². The zero-order chi connectivity index (χ0) is 11.6. The molecule has 3 heteroatoms. The molecule has 1 aromatic rings. The predicted octanol–water partition coefficient (Wildman–Crippen LogP) is 4.38. The van der Waals surface area contributed by atoms with E-state index in [1.165, 1.54) is 24.1 Å². The Labute approximate surface area is 110 Å². The fraction of sp³-hybridized carbons (Fsp3) is 0.692. The van der Waals surface area contributed by atoms with E-state index in [2.05, 4.69) is 34.3 Å². The van der Waals surface area contributed by atoms with Gasteiger partial charge in [-0.15, -0.1) is 11.3 Å². The van der Waals surface area contributed by atoms with Crippen molar-refractivity contribution in [2.24, 2.45) is 5.92 Å². The second-order valence-electron chi connectivity index (χ2n) is 5.13. The van der Waals surface area contributed by atoms with Gasteiger partial charge in [0.1, 0.15) is 0 Å². The van der Waals surface area contributed by atoms with Crippen molar-refractivity contribution in [1.29, 1.82) is 0 Å². The third-order valence-corrected chi connectivity index (χ3v) is 5.55. The maximum atomic E-state index is 10.7. The van der Waals surface area contributed by atoms with Crippen molar-refractivity contribution in [3.05, 3.63) is 20.8 Å². The molecule has 90 valence electrons. The maximum Gasteiger partial charge on any atom is 0.0696 e. The summed E-state index contributed by atoms with van der Waals surface area (Å²) in [7, 11) is 0. The topological polar surface area (TPSA) is 20.2 Å². The molecule has 2 rings (SSSR count). The van der Waals surface area contributed by atoms with Gasteiger partial charge < -0.3 is 5.11 Å². The monoisotopic (exact) mass is 302 g/mol. The van der Waals surface area contributed by atoms with Gasteiger partial charge in [0.25, 0.3) is 0 Å². The molecule has 0 radical (unpaired) electrons. The van der Waals surface area contributed by atoms with Crippen molar-refractivity contribution in [1.82, 2.24) is 0 Å². The van der Waals surface area contributed by atoms with Crippen LogP contribution in [-0.2, 0) is 6.42 Å². The summed E-state index contributed by atoms with van der Waals surface area (Å²) >= 11 is 5.29. The van der Waals surface area contributed by atoms with E-state index in [-0.39, 0.29) is 0 Å². The van der Waals surface area contributed by atoms with Gasteiger partial charge in [0.05, 0.1) is 5.60 Å². The quantitative estimate of drug-likeness (QED) is 0.804. The molecule has 1 saturated carbocycles. The van der Waals surface area contributed by atoms with E-state index in [1.54, 1.807) is 11.3 Å². The van der Waals surface area contributed by atoms with Crippen LogP contribution in [0, 0.1) is 5.92 Å². The van der Waals surface area contributed by atoms with Crippen LogP contribution < -0.4 is 0 Å². The highest BCUT2D eigenvalue weighted by atomic mass is 79.9. The van der Waals surface area contributed by atoms with Gasteiger partial charge in [-0.1, -0.05) is 19.8 Å². The Hall–Kier alpha value is 0.140. The SMILES string of the molecule is CC1CCCC(O)(Cc2sccc2Br)CC1. The summed E-state index contributed by atoms with van der Waals surface area (Å²) in [4.78, 5) is 1.29. The molecule has 2 unspecified atom stereocenters. The minimum Gasteiger partial charge on any atom is -0.390 e. The van der Waals surface area contributed by atoms with E-state index in [0.717, 1.165) is 29.7 Å². The summed E-state index contributed by atoms with van der Waals surface area (Å²) in [6.07, 6.45) is 6.34. The molecule has 1 aromatic heterocycles. The lowest BCUT2D eigenvalue weighted by Crippen LogP contribution is -2.30. The zero-order valence-electron chi connectivity index (χ0n) is 9.71. The molecule has 0 bridgehead atoms. The van der Waals surface area contributed by atoms with Crippen LogP contribution in [0.25, 0.3) is 0 Å². The molecular weight excluding hydrogens is 284 g/mol. The molecule has 1 nitrogen and oxygen atoms in total. The molecule has 0 amide bonds. The average Bonchev–Trinajstić information content (AvgIpc) is 2.53. The Morgan fingerprint density at radius 1 is 1.50 bits per heavy atom. The molecule has 0 aromatic carbocycles. The molecule has 0 saturated heterocycles. The summed E-state index contributed by atoms with van der Waals surface area (Å²) in [5.74, 6) is 0.779. The van der Waals surface area contributed by atoms with Gasteiger partial charge >= 0.3 is 0 Å². The molecule has 16 heavy (non-hydrogen) atoms. The highest BCUT2D eigenvalue weighted by molar-refractivity contribution is 9.10. The van der Waals surface area contributed by atoms with Crippen LogP contribution >= 0.6 is 27.3 Å².